The van der Waals surface area contributed by atoms with Gasteiger partial charge in [-0.15, -0.1) is 0 Å². The summed E-state index contributed by atoms with van der Waals surface area (Å²) >= 11 is 6.21. The minimum atomic E-state index is 1.06. The van der Waals surface area contributed by atoms with Gasteiger partial charge in [0.15, 0.2) is 0 Å². The zero-order valence-electron chi connectivity index (χ0n) is 6.81. The van der Waals surface area contributed by atoms with E-state index in [0.717, 1.165) is 5.75 Å². The lowest BCUT2D eigenvalue weighted by Gasteiger charge is -1.97. The Hall–Kier alpha value is 0.700. The third-order valence-corrected chi connectivity index (χ3v) is 2.70. The minimum Gasteiger partial charge on any atom is -0.179 e. The smallest absolute Gasteiger partial charge is 0.00676 e. The Balaban J connectivity index is 2.65. The van der Waals surface area contributed by atoms with Crippen molar-refractivity contribution in [3.8, 4) is 0 Å². The first-order valence-electron chi connectivity index (χ1n) is 4.10. The Bertz CT molecular complexity index is 47.2. The van der Waals surface area contributed by atoms with Gasteiger partial charge in [-0.1, -0.05) is 19.8 Å². The highest BCUT2D eigenvalue weighted by molar-refractivity contribution is 7.99. The fourth-order valence-electron chi connectivity index (χ4n) is 0.814. The number of rotatable bonds is 7. The summed E-state index contributed by atoms with van der Waals surface area (Å²) in [5.74, 6) is 3.68. The van der Waals surface area contributed by atoms with Crippen molar-refractivity contribution in [1.82, 2.24) is 0 Å². The zero-order chi connectivity index (χ0) is 7.66. The monoisotopic (exact) mass is 178 g/mol. The predicted octanol–water partition coefficient (Wildman–Crippen LogP) is 3.23. The van der Waals surface area contributed by atoms with Crippen LogP contribution in [0.15, 0.2) is 0 Å². The Morgan fingerprint density at radius 3 is 2.40 bits per heavy atom. The van der Waals surface area contributed by atoms with E-state index in [1.807, 2.05) is 11.8 Å². The summed E-state index contributed by atoms with van der Waals surface area (Å²) in [6, 6.07) is 0. The molecular formula is C8H18S2. The number of hydrogen-bond acceptors (Lipinski definition) is 2. The molecule has 0 heterocycles. The van der Waals surface area contributed by atoms with Gasteiger partial charge in [0.1, 0.15) is 0 Å². The van der Waals surface area contributed by atoms with Gasteiger partial charge in [0.05, 0.1) is 0 Å². The van der Waals surface area contributed by atoms with Crippen molar-refractivity contribution in [2.24, 2.45) is 0 Å². The standard InChI is InChI=1S/C8H18S2/c1-2-10-8-6-4-3-5-7-9/h9H,2-8H2,1H3. The van der Waals surface area contributed by atoms with Crippen LogP contribution in [0.3, 0.4) is 0 Å². The van der Waals surface area contributed by atoms with Crippen molar-refractivity contribution in [2.45, 2.75) is 32.6 Å². The van der Waals surface area contributed by atoms with Gasteiger partial charge in [-0.25, -0.2) is 0 Å². The summed E-state index contributed by atoms with van der Waals surface area (Å²) in [4.78, 5) is 0. The average Bonchev–Trinajstić information content (AvgIpc) is 1.97. The Morgan fingerprint density at radius 1 is 1.10 bits per heavy atom. The minimum absolute atomic E-state index is 1.06. The summed E-state index contributed by atoms with van der Waals surface area (Å²) in [5, 5.41) is 0. The maximum absolute atomic E-state index is 4.16. The molecule has 0 saturated carbocycles. The number of hydrogen-bond donors (Lipinski definition) is 1. The van der Waals surface area contributed by atoms with Gasteiger partial charge < -0.3 is 0 Å². The van der Waals surface area contributed by atoms with Crippen LogP contribution in [0.5, 0.6) is 0 Å². The zero-order valence-corrected chi connectivity index (χ0v) is 8.52. The van der Waals surface area contributed by atoms with Gasteiger partial charge in [0.25, 0.3) is 0 Å². The SMILES string of the molecule is CCSCCCCCCS. The third kappa shape index (κ3) is 8.70. The maximum Gasteiger partial charge on any atom is -0.00676 e. The molecule has 0 aromatic heterocycles. The second-order valence-electron chi connectivity index (χ2n) is 2.33. The summed E-state index contributed by atoms with van der Waals surface area (Å²) in [5.41, 5.74) is 0. The molecule has 0 atom stereocenters. The van der Waals surface area contributed by atoms with Gasteiger partial charge in [0.2, 0.25) is 0 Å². The van der Waals surface area contributed by atoms with Crippen LogP contribution in [-0.2, 0) is 0 Å². The highest BCUT2D eigenvalue weighted by Gasteiger charge is 1.87. The van der Waals surface area contributed by atoms with E-state index in [1.165, 1.54) is 37.2 Å². The molecule has 0 N–H and O–H groups in total. The largest absolute Gasteiger partial charge is 0.179 e. The molecular weight excluding hydrogens is 160 g/mol. The molecule has 10 heavy (non-hydrogen) atoms. The van der Waals surface area contributed by atoms with Crippen LogP contribution >= 0.6 is 24.4 Å². The van der Waals surface area contributed by atoms with Crippen molar-refractivity contribution >= 4 is 24.4 Å². The Kier molecular flexibility index (Phi) is 10.4. The van der Waals surface area contributed by atoms with E-state index in [-0.39, 0.29) is 0 Å². The summed E-state index contributed by atoms with van der Waals surface area (Å²) in [7, 11) is 0. The topological polar surface area (TPSA) is 0 Å². The van der Waals surface area contributed by atoms with Gasteiger partial charge in [-0.2, -0.15) is 24.4 Å². The molecule has 0 aromatic carbocycles. The summed E-state index contributed by atoms with van der Waals surface area (Å²) in [6.45, 7) is 2.22. The Labute approximate surface area is 74.6 Å². The molecule has 0 nitrogen and oxygen atoms in total. The van der Waals surface area contributed by atoms with Crippen molar-refractivity contribution in [2.75, 3.05) is 17.3 Å². The van der Waals surface area contributed by atoms with E-state index < -0.39 is 0 Å². The van der Waals surface area contributed by atoms with E-state index in [4.69, 9.17) is 0 Å². The first-order valence-corrected chi connectivity index (χ1v) is 5.89. The molecule has 0 rings (SSSR count). The van der Waals surface area contributed by atoms with Crippen LogP contribution in [0.1, 0.15) is 32.6 Å². The normalized spacial score (nSPS) is 10.2. The molecule has 0 saturated heterocycles. The molecule has 0 aliphatic carbocycles. The lowest BCUT2D eigenvalue weighted by molar-refractivity contribution is 0.712. The quantitative estimate of drug-likeness (QED) is 0.461. The van der Waals surface area contributed by atoms with Crippen molar-refractivity contribution < 1.29 is 0 Å². The number of unbranched alkanes of at least 4 members (excludes halogenated alkanes) is 3. The van der Waals surface area contributed by atoms with Crippen LogP contribution in [0.25, 0.3) is 0 Å². The van der Waals surface area contributed by atoms with E-state index in [1.54, 1.807) is 0 Å². The molecule has 62 valence electrons. The molecule has 0 spiro atoms. The van der Waals surface area contributed by atoms with Crippen LogP contribution < -0.4 is 0 Å². The van der Waals surface area contributed by atoms with E-state index in [9.17, 15) is 0 Å². The van der Waals surface area contributed by atoms with E-state index in [0.29, 0.717) is 0 Å². The number of thioether (sulfide) groups is 1. The van der Waals surface area contributed by atoms with Crippen molar-refractivity contribution in [1.29, 1.82) is 0 Å². The van der Waals surface area contributed by atoms with Gasteiger partial charge in [-0.05, 0) is 30.1 Å². The van der Waals surface area contributed by atoms with Gasteiger partial charge >= 0.3 is 0 Å². The highest BCUT2D eigenvalue weighted by atomic mass is 32.2. The highest BCUT2D eigenvalue weighted by Crippen LogP contribution is 2.06. The summed E-state index contributed by atoms with van der Waals surface area (Å²) in [6.07, 6.45) is 5.45. The predicted molar refractivity (Wildman–Crippen MR) is 55.3 cm³/mol. The fraction of sp³-hybridized carbons (Fsp3) is 1.00. The van der Waals surface area contributed by atoms with Gasteiger partial charge in [0, 0.05) is 0 Å². The second kappa shape index (κ2) is 9.70. The molecule has 0 radical (unpaired) electrons. The van der Waals surface area contributed by atoms with E-state index in [2.05, 4.69) is 19.6 Å². The van der Waals surface area contributed by atoms with Crippen LogP contribution in [0.4, 0.5) is 0 Å². The number of thiol groups is 1. The second-order valence-corrected chi connectivity index (χ2v) is 4.18. The fourth-order valence-corrected chi connectivity index (χ4v) is 1.73. The molecule has 0 bridgehead atoms. The molecule has 0 amide bonds. The van der Waals surface area contributed by atoms with Crippen molar-refractivity contribution in [3.63, 3.8) is 0 Å². The molecule has 0 unspecified atom stereocenters. The summed E-state index contributed by atoms with van der Waals surface area (Å²) < 4.78 is 0. The Morgan fingerprint density at radius 2 is 1.80 bits per heavy atom. The average molecular weight is 178 g/mol. The van der Waals surface area contributed by atoms with Crippen molar-refractivity contribution in [3.05, 3.63) is 0 Å². The molecule has 0 aliphatic heterocycles. The third-order valence-electron chi connectivity index (χ3n) is 1.40. The van der Waals surface area contributed by atoms with E-state index >= 15 is 0 Å². The first kappa shape index (κ1) is 10.7. The molecule has 0 aliphatic rings. The molecule has 0 fully saturated rings. The van der Waals surface area contributed by atoms with Gasteiger partial charge in [-0.3, -0.25) is 0 Å². The molecule has 2 heteroatoms. The molecule has 0 aromatic rings. The lowest BCUT2D eigenvalue weighted by atomic mass is 10.2. The lowest BCUT2D eigenvalue weighted by Crippen LogP contribution is -1.82. The first-order chi connectivity index (χ1) is 4.91. The van der Waals surface area contributed by atoms with Crippen LogP contribution in [0, 0.1) is 0 Å². The maximum atomic E-state index is 4.16. The van der Waals surface area contributed by atoms with Crippen LogP contribution in [-0.4, -0.2) is 17.3 Å². The van der Waals surface area contributed by atoms with Crippen LogP contribution in [0.2, 0.25) is 0 Å².